The van der Waals surface area contributed by atoms with Gasteiger partial charge in [0.2, 0.25) is 0 Å². The molecule has 0 aliphatic rings. The van der Waals surface area contributed by atoms with Crippen molar-refractivity contribution in [1.29, 1.82) is 0 Å². The van der Waals surface area contributed by atoms with E-state index in [-0.39, 0.29) is 0 Å². The number of hydrogen-bond acceptors (Lipinski definition) is 4. The molecule has 1 N–H and O–H groups in total. The number of hydrogen-bond donors (Lipinski definition) is 1. The van der Waals surface area contributed by atoms with E-state index in [0.29, 0.717) is 12.1 Å². The summed E-state index contributed by atoms with van der Waals surface area (Å²) in [6, 6.07) is 3.14. The molecule has 4 nitrogen and oxygen atoms in total. The maximum absolute atomic E-state index is 5.89. The van der Waals surface area contributed by atoms with Gasteiger partial charge in [0.15, 0.2) is 0 Å². The fourth-order valence-electron chi connectivity index (χ4n) is 2.08. The summed E-state index contributed by atoms with van der Waals surface area (Å²) in [5, 5.41) is 3.43. The van der Waals surface area contributed by atoms with E-state index in [0.717, 1.165) is 37.8 Å². The minimum absolute atomic E-state index is 0.479. The molecule has 0 aromatic carbocycles. The molecule has 0 spiro atoms. The molecule has 1 rings (SSSR count). The van der Waals surface area contributed by atoms with Crippen LogP contribution in [0.25, 0.3) is 0 Å². The number of methoxy groups -OCH3 is 1. The van der Waals surface area contributed by atoms with Crippen LogP contribution in [0.4, 0.5) is 0 Å². The first-order valence-electron chi connectivity index (χ1n) is 7.48. The van der Waals surface area contributed by atoms with Crippen molar-refractivity contribution in [2.75, 3.05) is 20.3 Å². The van der Waals surface area contributed by atoms with Crippen molar-refractivity contribution in [2.24, 2.45) is 0 Å². The van der Waals surface area contributed by atoms with Crippen LogP contribution in [0.5, 0.6) is 0 Å². The van der Waals surface area contributed by atoms with Crippen molar-refractivity contribution >= 4 is 0 Å². The van der Waals surface area contributed by atoms with E-state index < -0.39 is 0 Å². The minimum atomic E-state index is 0.479. The second-order valence-corrected chi connectivity index (χ2v) is 5.89. The van der Waals surface area contributed by atoms with Crippen LogP contribution in [0, 0.1) is 6.92 Å². The van der Waals surface area contributed by atoms with Gasteiger partial charge < -0.3 is 14.5 Å². The van der Waals surface area contributed by atoms with E-state index in [1.54, 1.807) is 7.11 Å². The van der Waals surface area contributed by atoms with Crippen molar-refractivity contribution < 1.29 is 9.15 Å². The van der Waals surface area contributed by atoms with Crippen LogP contribution >= 0.6 is 0 Å². The number of aryl methyl sites for hydroxylation is 1. The predicted octanol–water partition coefficient (Wildman–Crippen LogP) is 2.94. The first kappa shape index (κ1) is 17.2. The first-order chi connectivity index (χ1) is 9.43. The van der Waals surface area contributed by atoms with Gasteiger partial charge in [0.05, 0.1) is 13.2 Å². The Balaban J connectivity index is 2.64. The topological polar surface area (TPSA) is 37.6 Å². The smallest absolute Gasteiger partial charge is 0.118 e. The van der Waals surface area contributed by atoms with Crippen LogP contribution in [0.3, 0.4) is 0 Å². The Hall–Kier alpha value is -0.840. The third-order valence-electron chi connectivity index (χ3n) is 3.44. The largest absolute Gasteiger partial charge is 0.465 e. The molecule has 0 atom stereocenters. The number of nitrogens with zero attached hydrogens (tertiary/aromatic N) is 1. The standard InChI is InChI=1S/C16H30N2O2/c1-12(2)17-10-15-9-16(20-14(15)5)11-18(13(3)4)7-8-19-6/h9,12-13,17H,7-8,10-11H2,1-6H3. The van der Waals surface area contributed by atoms with Gasteiger partial charge >= 0.3 is 0 Å². The van der Waals surface area contributed by atoms with Gasteiger partial charge in [-0.05, 0) is 26.8 Å². The Labute approximate surface area is 123 Å². The van der Waals surface area contributed by atoms with Gasteiger partial charge in [-0.25, -0.2) is 0 Å². The highest BCUT2D eigenvalue weighted by atomic mass is 16.5. The predicted molar refractivity (Wildman–Crippen MR) is 82.8 cm³/mol. The molecule has 20 heavy (non-hydrogen) atoms. The zero-order valence-electron chi connectivity index (χ0n) is 13.8. The molecule has 0 fully saturated rings. The summed E-state index contributed by atoms with van der Waals surface area (Å²) >= 11 is 0. The average Bonchev–Trinajstić information content (AvgIpc) is 2.72. The Morgan fingerprint density at radius 1 is 1.30 bits per heavy atom. The Morgan fingerprint density at radius 2 is 2.00 bits per heavy atom. The SMILES string of the molecule is COCCN(Cc1cc(CNC(C)C)c(C)o1)C(C)C. The van der Waals surface area contributed by atoms with Crippen molar-refractivity contribution in [3.05, 3.63) is 23.2 Å². The van der Waals surface area contributed by atoms with E-state index in [4.69, 9.17) is 9.15 Å². The Kier molecular flexibility index (Phi) is 7.27. The lowest BCUT2D eigenvalue weighted by Crippen LogP contribution is -2.33. The molecule has 1 aromatic rings. The highest BCUT2D eigenvalue weighted by molar-refractivity contribution is 5.20. The van der Waals surface area contributed by atoms with E-state index in [1.807, 2.05) is 6.92 Å². The average molecular weight is 282 g/mol. The summed E-state index contributed by atoms with van der Waals surface area (Å²) in [6.07, 6.45) is 0. The summed E-state index contributed by atoms with van der Waals surface area (Å²) < 4.78 is 11.1. The fourth-order valence-corrected chi connectivity index (χ4v) is 2.08. The van der Waals surface area contributed by atoms with Crippen molar-refractivity contribution in [3.8, 4) is 0 Å². The summed E-state index contributed by atoms with van der Waals surface area (Å²) in [4.78, 5) is 2.36. The molecule has 0 unspecified atom stereocenters. The molecule has 0 aliphatic carbocycles. The van der Waals surface area contributed by atoms with E-state index in [9.17, 15) is 0 Å². The molecule has 4 heteroatoms. The van der Waals surface area contributed by atoms with Gasteiger partial charge in [-0.15, -0.1) is 0 Å². The quantitative estimate of drug-likeness (QED) is 0.755. The number of rotatable bonds is 9. The maximum Gasteiger partial charge on any atom is 0.118 e. The van der Waals surface area contributed by atoms with Crippen LogP contribution in [0.1, 0.15) is 44.8 Å². The third kappa shape index (κ3) is 5.65. The summed E-state index contributed by atoms with van der Waals surface area (Å²) in [7, 11) is 1.74. The maximum atomic E-state index is 5.89. The summed E-state index contributed by atoms with van der Waals surface area (Å²) in [5.74, 6) is 2.05. The van der Waals surface area contributed by atoms with E-state index in [1.165, 1.54) is 5.56 Å². The van der Waals surface area contributed by atoms with Gasteiger partial charge in [0, 0.05) is 37.8 Å². The molecule has 0 amide bonds. The lowest BCUT2D eigenvalue weighted by molar-refractivity contribution is 0.119. The second-order valence-electron chi connectivity index (χ2n) is 5.89. The molecular formula is C16H30N2O2. The molecule has 0 saturated carbocycles. The van der Waals surface area contributed by atoms with E-state index in [2.05, 4.69) is 44.0 Å². The lowest BCUT2D eigenvalue weighted by Gasteiger charge is -2.24. The van der Waals surface area contributed by atoms with Gasteiger partial charge in [-0.1, -0.05) is 13.8 Å². The number of furan rings is 1. The molecular weight excluding hydrogens is 252 g/mol. The number of nitrogens with one attached hydrogen (secondary N) is 1. The molecule has 0 aliphatic heterocycles. The van der Waals surface area contributed by atoms with Gasteiger partial charge in [0.25, 0.3) is 0 Å². The van der Waals surface area contributed by atoms with Crippen molar-refractivity contribution in [1.82, 2.24) is 10.2 Å². The minimum Gasteiger partial charge on any atom is -0.465 e. The van der Waals surface area contributed by atoms with Crippen LogP contribution in [-0.2, 0) is 17.8 Å². The first-order valence-corrected chi connectivity index (χ1v) is 7.48. The summed E-state index contributed by atoms with van der Waals surface area (Å²) in [6.45, 7) is 14.1. The van der Waals surface area contributed by atoms with Crippen LogP contribution in [-0.4, -0.2) is 37.2 Å². The van der Waals surface area contributed by atoms with Crippen LogP contribution < -0.4 is 5.32 Å². The fraction of sp³-hybridized carbons (Fsp3) is 0.750. The lowest BCUT2D eigenvalue weighted by atomic mass is 10.2. The Bertz CT molecular complexity index is 386. The summed E-state index contributed by atoms with van der Waals surface area (Å²) in [5.41, 5.74) is 1.25. The number of ether oxygens (including phenoxy) is 1. The highest BCUT2D eigenvalue weighted by Gasteiger charge is 2.14. The second kappa shape index (κ2) is 8.45. The zero-order valence-corrected chi connectivity index (χ0v) is 13.8. The van der Waals surface area contributed by atoms with Gasteiger partial charge in [-0.2, -0.15) is 0 Å². The molecule has 116 valence electrons. The van der Waals surface area contributed by atoms with Crippen molar-refractivity contribution in [3.63, 3.8) is 0 Å². The molecule has 1 aromatic heterocycles. The highest BCUT2D eigenvalue weighted by Crippen LogP contribution is 2.17. The van der Waals surface area contributed by atoms with Crippen LogP contribution in [0.15, 0.2) is 10.5 Å². The van der Waals surface area contributed by atoms with Gasteiger partial charge in [0.1, 0.15) is 11.5 Å². The Morgan fingerprint density at radius 3 is 2.55 bits per heavy atom. The van der Waals surface area contributed by atoms with Gasteiger partial charge in [-0.3, -0.25) is 4.90 Å². The molecule has 0 saturated heterocycles. The van der Waals surface area contributed by atoms with E-state index >= 15 is 0 Å². The normalized spacial score (nSPS) is 12.1. The molecule has 0 bridgehead atoms. The zero-order chi connectivity index (χ0) is 15.1. The molecule has 1 heterocycles. The third-order valence-corrected chi connectivity index (χ3v) is 3.44. The van der Waals surface area contributed by atoms with Crippen LogP contribution in [0.2, 0.25) is 0 Å². The monoisotopic (exact) mass is 282 g/mol. The molecule has 0 radical (unpaired) electrons. The van der Waals surface area contributed by atoms with Crippen molar-refractivity contribution in [2.45, 2.75) is 59.8 Å².